The van der Waals surface area contributed by atoms with Crippen molar-refractivity contribution in [3.05, 3.63) is 71.8 Å². The second-order valence-corrected chi connectivity index (χ2v) is 7.16. The number of anilines is 1. The molecule has 4 nitrogen and oxygen atoms in total. The predicted molar refractivity (Wildman–Crippen MR) is 104 cm³/mol. The van der Waals surface area contributed by atoms with E-state index in [0.717, 1.165) is 37.2 Å². The molecular formula is C19H15ClN4S. The molecule has 0 bridgehead atoms. The Morgan fingerprint density at radius 3 is 2.64 bits per heavy atom. The molecule has 25 heavy (non-hydrogen) atoms. The minimum Gasteiger partial charge on any atom is -0.361 e. The molecule has 124 valence electrons. The lowest BCUT2D eigenvalue weighted by atomic mass is 10.2. The fraction of sp³-hybridized carbons (Fsp3) is 0.105. The molecule has 0 saturated heterocycles. The lowest BCUT2D eigenvalue weighted by molar-refractivity contribution is 0.833. The van der Waals surface area contributed by atoms with Crippen molar-refractivity contribution >= 4 is 39.0 Å². The standard InChI is InChI=1S/C19H15ClN4S/c1-12(15-4-2-3-9-21-15)24-19-18-16(22-11-23-19)10-17(25-18)13-5-7-14(20)8-6-13/h2-12H,1H3,(H,22,23,24). The summed E-state index contributed by atoms with van der Waals surface area (Å²) in [4.78, 5) is 14.4. The Morgan fingerprint density at radius 2 is 1.88 bits per heavy atom. The van der Waals surface area contributed by atoms with Crippen molar-refractivity contribution in [3.8, 4) is 10.4 Å². The molecule has 4 aromatic rings. The normalized spacial score (nSPS) is 12.2. The highest BCUT2D eigenvalue weighted by Gasteiger charge is 2.13. The number of pyridine rings is 1. The van der Waals surface area contributed by atoms with E-state index in [1.807, 2.05) is 42.5 Å². The second-order valence-electron chi connectivity index (χ2n) is 5.67. The van der Waals surface area contributed by atoms with Crippen LogP contribution in [0.1, 0.15) is 18.7 Å². The van der Waals surface area contributed by atoms with Gasteiger partial charge in [0.15, 0.2) is 0 Å². The monoisotopic (exact) mass is 366 g/mol. The Morgan fingerprint density at radius 1 is 1.04 bits per heavy atom. The summed E-state index contributed by atoms with van der Waals surface area (Å²) in [6.45, 7) is 2.07. The first-order chi connectivity index (χ1) is 12.2. The number of nitrogens with zero attached hydrogens (tertiary/aromatic N) is 3. The average Bonchev–Trinajstić information content (AvgIpc) is 3.08. The van der Waals surface area contributed by atoms with Crippen molar-refractivity contribution in [2.24, 2.45) is 0 Å². The summed E-state index contributed by atoms with van der Waals surface area (Å²) in [6, 6.07) is 15.9. The zero-order chi connectivity index (χ0) is 17.2. The van der Waals surface area contributed by atoms with Gasteiger partial charge in [-0.2, -0.15) is 0 Å². The summed E-state index contributed by atoms with van der Waals surface area (Å²) >= 11 is 7.65. The van der Waals surface area contributed by atoms with E-state index in [0.29, 0.717) is 0 Å². The van der Waals surface area contributed by atoms with Gasteiger partial charge in [-0.25, -0.2) is 9.97 Å². The van der Waals surface area contributed by atoms with Crippen LogP contribution in [0.4, 0.5) is 5.82 Å². The highest BCUT2D eigenvalue weighted by atomic mass is 35.5. The third-order valence-electron chi connectivity index (χ3n) is 3.92. The van der Waals surface area contributed by atoms with Gasteiger partial charge in [-0.05, 0) is 42.8 Å². The van der Waals surface area contributed by atoms with Gasteiger partial charge in [0.1, 0.15) is 12.1 Å². The number of hydrogen-bond acceptors (Lipinski definition) is 5. The summed E-state index contributed by atoms with van der Waals surface area (Å²) in [6.07, 6.45) is 3.39. The highest BCUT2D eigenvalue weighted by molar-refractivity contribution is 7.22. The third-order valence-corrected chi connectivity index (χ3v) is 5.36. The van der Waals surface area contributed by atoms with Crippen LogP contribution in [0.3, 0.4) is 0 Å². The van der Waals surface area contributed by atoms with E-state index in [1.54, 1.807) is 23.9 Å². The Balaban J connectivity index is 1.69. The lowest BCUT2D eigenvalue weighted by Crippen LogP contribution is -2.09. The molecule has 3 aromatic heterocycles. The van der Waals surface area contributed by atoms with Gasteiger partial charge < -0.3 is 5.32 Å². The van der Waals surface area contributed by atoms with Crippen molar-refractivity contribution in [3.63, 3.8) is 0 Å². The van der Waals surface area contributed by atoms with Crippen LogP contribution in [0.25, 0.3) is 20.7 Å². The quantitative estimate of drug-likeness (QED) is 0.512. The molecule has 1 N–H and O–H groups in total. The van der Waals surface area contributed by atoms with Crippen LogP contribution in [-0.2, 0) is 0 Å². The van der Waals surface area contributed by atoms with Crippen molar-refractivity contribution in [2.45, 2.75) is 13.0 Å². The molecule has 3 heterocycles. The average molecular weight is 367 g/mol. The molecule has 0 fully saturated rings. The smallest absolute Gasteiger partial charge is 0.147 e. The summed E-state index contributed by atoms with van der Waals surface area (Å²) in [5.41, 5.74) is 3.03. The van der Waals surface area contributed by atoms with Crippen LogP contribution < -0.4 is 5.32 Å². The van der Waals surface area contributed by atoms with Crippen LogP contribution in [-0.4, -0.2) is 15.0 Å². The van der Waals surface area contributed by atoms with E-state index >= 15 is 0 Å². The number of nitrogens with one attached hydrogen (secondary N) is 1. The van der Waals surface area contributed by atoms with Gasteiger partial charge in [-0.3, -0.25) is 4.98 Å². The first kappa shape index (κ1) is 16.0. The first-order valence-corrected chi connectivity index (χ1v) is 9.08. The summed E-state index contributed by atoms with van der Waals surface area (Å²) in [5.74, 6) is 0.827. The van der Waals surface area contributed by atoms with Crippen molar-refractivity contribution in [2.75, 3.05) is 5.32 Å². The van der Waals surface area contributed by atoms with Gasteiger partial charge in [0.05, 0.1) is 22.0 Å². The second kappa shape index (κ2) is 6.78. The lowest BCUT2D eigenvalue weighted by Gasteiger charge is -2.14. The van der Waals surface area contributed by atoms with Crippen molar-refractivity contribution < 1.29 is 0 Å². The Hall–Kier alpha value is -2.50. The maximum Gasteiger partial charge on any atom is 0.147 e. The Labute approximate surface area is 154 Å². The third kappa shape index (κ3) is 3.34. The summed E-state index contributed by atoms with van der Waals surface area (Å²) < 4.78 is 1.04. The minimum atomic E-state index is 0.0559. The van der Waals surface area contributed by atoms with Gasteiger partial charge in [-0.15, -0.1) is 11.3 Å². The summed E-state index contributed by atoms with van der Waals surface area (Å²) in [5, 5.41) is 4.18. The highest BCUT2D eigenvalue weighted by Crippen LogP contribution is 2.36. The molecule has 0 saturated carbocycles. The van der Waals surface area contributed by atoms with Crippen LogP contribution in [0, 0.1) is 0 Å². The minimum absolute atomic E-state index is 0.0559. The largest absolute Gasteiger partial charge is 0.361 e. The fourth-order valence-corrected chi connectivity index (χ4v) is 3.82. The molecular weight excluding hydrogens is 352 g/mol. The van der Waals surface area contributed by atoms with Gasteiger partial charge in [-0.1, -0.05) is 29.8 Å². The number of hydrogen-bond donors (Lipinski definition) is 1. The van der Waals surface area contributed by atoms with Gasteiger partial charge in [0.2, 0.25) is 0 Å². The molecule has 4 rings (SSSR count). The predicted octanol–water partition coefficient (Wildman–Crippen LogP) is 5.58. The SMILES string of the molecule is CC(Nc1ncnc2cc(-c3ccc(Cl)cc3)sc12)c1ccccn1. The molecule has 0 spiro atoms. The Bertz CT molecular complexity index is 999. The molecule has 0 aliphatic carbocycles. The summed E-state index contributed by atoms with van der Waals surface area (Å²) in [7, 11) is 0. The maximum absolute atomic E-state index is 5.98. The zero-order valence-electron chi connectivity index (χ0n) is 13.5. The van der Waals surface area contributed by atoms with Gasteiger partial charge >= 0.3 is 0 Å². The molecule has 0 amide bonds. The topological polar surface area (TPSA) is 50.7 Å². The fourth-order valence-electron chi connectivity index (χ4n) is 2.62. The number of aromatic nitrogens is 3. The van der Waals surface area contributed by atoms with Crippen molar-refractivity contribution in [1.82, 2.24) is 15.0 Å². The molecule has 1 atom stereocenters. The molecule has 0 aliphatic heterocycles. The van der Waals surface area contributed by atoms with Gasteiger partial charge in [0.25, 0.3) is 0 Å². The van der Waals surface area contributed by atoms with E-state index in [-0.39, 0.29) is 6.04 Å². The first-order valence-electron chi connectivity index (χ1n) is 7.88. The van der Waals surface area contributed by atoms with E-state index < -0.39 is 0 Å². The van der Waals surface area contributed by atoms with Crippen LogP contribution >= 0.6 is 22.9 Å². The maximum atomic E-state index is 5.98. The number of rotatable bonds is 4. The van der Waals surface area contributed by atoms with E-state index in [1.165, 1.54) is 0 Å². The zero-order valence-corrected chi connectivity index (χ0v) is 15.1. The molecule has 1 aromatic carbocycles. The van der Waals surface area contributed by atoms with Crippen LogP contribution in [0.15, 0.2) is 61.1 Å². The molecule has 0 aliphatic rings. The molecule has 1 unspecified atom stereocenters. The van der Waals surface area contributed by atoms with E-state index in [4.69, 9.17) is 11.6 Å². The van der Waals surface area contributed by atoms with Crippen LogP contribution in [0.5, 0.6) is 0 Å². The number of fused-ring (bicyclic) bond motifs is 1. The van der Waals surface area contributed by atoms with Gasteiger partial charge in [0, 0.05) is 16.1 Å². The molecule has 6 heteroatoms. The van der Waals surface area contributed by atoms with E-state index in [9.17, 15) is 0 Å². The van der Waals surface area contributed by atoms with Crippen LogP contribution in [0.2, 0.25) is 5.02 Å². The molecule has 0 radical (unpaired) electrons. The van der Waals surface area contributed by atoms with E-state index in [2.05, 4.69) is 33.3 Å². The number of benzene rings is 1. The number of thiophene rings is 1. The Kier molecular flexibility index (Phi) is 4.34. The number of halogens is 1. The van der Waals surface area contributed by atoms with Crippen molar-refractivity contribution in [1.29, 1.82) is 0 Å².